The normalized spacial score (nSPS) is 13.4. The Morgan fingerprint density at radius 2 is 1.78 bits per heavy atom. The van der Waals surface area contributed by atoms with Crippen LogP contribution in [-0.4, -0.2) is 31.8 Å². The van der Waals surface area contributed by atoms with E-state index >= 15 is 0 Å². The van der Waals surface area contributed by atoms with Crippen LogP contribution in [0, 0.1) is 11.8 Å². The number of carbonyl (C=O) groups is 2. The molecule has 2 N–H and O–H groups in total. The average Bonchev–Trinajstić information content (AvgIpc) is 3.14. The van der Waals surface area contributed by atoms with Gasteiger partial charge in [-0.25, -0.2) is 4.79 Å². The van der Waals surface area contributed by atoms with Gasteiger partial charge in [0.15, 0.2) is 6.61 Å². The molecular weight excluding hydrogens is 404 g/mol. The standard InChI is InChI=1S/C26H20N2O4/c29-25-16-31-24-14-17(11-12-23(24)28-25)6-5-13-27-26(30)32-15-22-20-9-3-1-7-18(20)19-8-2-4-10-21(19)22/h1-4,7-12,14,22H,13,15-16H2,(H,27,30)(H,28,29). The van der Waals surface area contributed by atoms with Gasteiger partial charge in [-0.05, 0) is 40.5 Å². The molecule has 0 unspecified atom stereocenters. The van der Waals surface area contributed by atoms with Crippen molar-refractivity contribution in [1.29, 1.82) is 0 Å². The molecule has 158 valence electrons. The number of carbonyl (C=O) groups excluding carboxylic acids is 2. The molecule has 0 fully saturated rings. The molecule has 0 aromatic heterocycles. The quantitative estimate of drug-likeness (QED) is 0.625. The molecule has 1 heterocycles. The van der Waals surface area contributed by atoms with Gasteiger partial charge in [0.2, 0.25) is 0 Å². The lowest BCUT2D eigenvalue weighted by Crippen LogP contribution is -2.26. The molecule has 3 aromatic carbocycles. The topological polar surface area (TPSA) is 76.7 Å². The molecule has 0 saturated heterocycles. The molecule has 2 amide bonds. The summed E-state index contributed by atoms with van der Waals surface area (Å²) in [6.45, 7) is 0.416. The third-order valence-corrected chi connectivity index (χ3v) is 5.51. The maximum absolute atomic E-state index is 12.2. The highest BCUT2D eigenvalue weighted by Gasteiger charge is 2.28. The highest BCUT2D eigenvalue weighted by molar-refractivity contribution is 5.95. The van der Waals surface area contributed by atoms with E-state index in [4.69, 9.17) is 9.47 Å². The van der Waals surface area contributed by atoms with Crippen LogP contribution in [-0.2, 0) is 9.53 Å². The Hall–Kier alpha value is -4.24. The number of ether oxygens (including phenoxy) is 2. The van der Waals surface area contributed by atoms with E-state index < -0.39 is 6.09 Å². The van der Waals surface area contributed by atoms with E-state index in [1.807, 2.05) is 24.3 Å². The van der Waals surface area contributed by atoms with Gasteiger partial charge in [0, 0.05) is 11.5 Å². The molecule has 0 saturated carbocycles. The van der Waals surface area contributed by atoms with Crippen molar-refractivity contribution in [3.63, 3.8) is 0 Å². The first-order valence-electron chi connectivity index (χ1n) is 10.3. The van der Waals surface area contributed by atoms with Crippen molar-refractivity contribution >= 4 is 17.7 Å². The summed E-state index contributed by atoms with van der Waals surface area (Å²) < 4.78 is 10.9. The second-order valence-corrected chi connectivity index (χ2v) is 7.53. The van der Waals surface area contributed by atoms with Crippen molar-refractivity contribution in [2.24, 2.45) is 0 Å². The number of benzene rings is 3. The Bertz CT molecular complexity index is 1230. The first kappa shape index (κ1) is 19.7. The molecule has 2 aliphatic rings. The van der Waals surface area contributed by atoms with Crippen LogP contribution in [0.5, 0.6) is 5.75 Å². The summed E-state index contributed by atoms with van der Waals surface area (Å²) in [5, 5.41) is 5.40. The highest BCUT2D eigenvalue weighted by Crippen LogP contribution is 2.44. The van der Waals surface area contributed by atoms with E-state index in [0.29, 0.717) is 11.4 Å². The molecule has 1 aliphatic carbocycles. The van der Waals surface area contributed by atoms with Crippen LogP contribution in [0.2, 0.25) is 0 Å². The average molecular weight is 424 g/mol. The largest absolute Gasteiger partial charge is 0.482 e. The zero-order chi connectivity index (χ0) is 21.9. The number of alkyl carbamates (subject to hydrolysis) is 1. The Kier molecular flexibility index (Phi) is 5.22. The van der Waals surface area contributed by atoms with Gasteiger partial charge in [-0.1, -0.05) is 60.4 Å². The lowest BCUT2D eigenvalue weighted by Gasteiger charge is -2.17. The van der Waals surface area contributed by atoms with Crippen LogP contribution in [0.15, 0.2) is 66.7 Å². The Balaban J connectivity index is 1.17. The van der Waals surface area contributed by atoms with Gasteiger partial charge in [0.05, 0.1) is 12.2 Å². The third kappa shape index (κ3) is 3.88. The van der Waals surface area contributed by atoms with Crippen molar-refractivity contribution in [1.82, 2.24) is 5.32 Å². The Labute approximate surface area is 185 Å². The minimum atomic E-state index is -0.502. The number of hydrogen-bond donors (Lipinski definition) is 2. The minimum Gasteiger partial charge on any atom is -0.482 e. The molecule has 0 radical (unpaired) electrons. The first-order valence-corrected chi connectivity index (χ1v) is 10.3. The van der Waals surface area contributed by atoms with Gasteiger partial charge in [-0.3, -0.25) is 4.79 Å². The molecule has 6 heteroatoms. The molecule has 3 aromatic rings. The van der Waals surface area contributed by atoms with Gasteiger partial charge >= 0.3 is 6.09 Å². The van der Waals surface area contributed by atoms with Crippen LogP contribution in [0.1, 0.15) is 22.6 Å². The lowest BCUT2D eigenvalue weighted by atomic mass is 9.98. The fourth-order valence-electron chi connectivity index (χ4n) is 4.06. The van der Waals surface area contributed by atoms with E-state index in [2.05, 4.69) is 46.7 Å². The van der Waals surface area contributed by atoms with Crippen LogP contribution in [0.4, 0.5) is 10.5 Å². The summed E-state index contributed by atoms with van der Waals surface area (Å²) in [7, 11) is 0. The monoisotopic (exact) mass is 424 g/mol. The molecule has 0 atom stereocenters. The summed E-state index contributed by atoms with van der Waals surface area (Å²) >= 11 is 0. The van der Waals surface area contributed by atoms with Crippen molar-refractivity contribution in [3.8, 4) is 28.7 Å². The number of fused-ring (bicyclic) bond motifs is 4. The van der Waals surface area contributed by atoms with Crippen molar-refractivity contribution in [2.45, 2.75) is 5.92 Å². The van der Waals surface area contributed by atoms with Crippen molar-refractivity contribution in [3.05, 3.63) is 83.4 Å². The zero-order valence-corrected chi connectivity index (χ0v) is 17.2. The second-order valence-electron chi connectivity index (χ2n) is 7.53. The molecule has 0 bridgehead atoms. The number of hydrogen-bond acceptors (Lipinski definition) is 4. The maximum atomic E-state index is 12.2. The number of nitrogens with one attached hydrogen (secondary N) is 2. The summed E-state index contributed by atoms with van der Waals surface area (Å²) in [6.07, 6.45) is -0.502. The predicted molar refractivity (Wildman–Crippen MR) is 121 cm³/mol. The summed E-state index contributed by atoms with van der Waals surface area (Å²) in [4.78, 5) is 23.5. The van der Waals surface area contributed by atoms with E-state index in [1.54, 1.807) is 18.2 Å². The fourth-order valence-corrected chi connectivity index (χ4v) is 4.06. The molecule has 32 heavy (non-hydrogen) atoms. The molecule has 0 spiro atoms. The number of rotatable bonds is 3. The molecule has 5 rings (SSSR count). The lowest BCUT2D eigenvalue weighted by molar-refractivity contribution is -0.118. The minimum absolute atomic E-state index is 0.00672. The maximum Gasteiger partial charge on any atom is 0.407 e. The van der Waals surface area contributed by atoms with Gasteiger partial charge < -0.3 is 20.1 Å². The summed E-state index contributed by atoms with van der Waals surface area (Å²) in [5.74, 6) is 6.30. The number of amides is 2. The van der Waals surface area contributed by atoms with E-state index in [9.17, 15) is 9.59 Å². The Morgan fingerprint density at radius 3 is 2.53 bits per heavy atom. The Morgan fingerprint density at radius 1 is 1.06 bits per heavy atom. The van der Waals surface area contributed by atoms with Gasteiger partial charge in [0.1, 0.15) is 12.4 Å². The van der Waals surface area contributed by atoms with Crippen LogP contribution in [0.25, 0.3) is 11.1 Å². The van der Waals surface area contributed by atoms with Gasteiger partial charge in [-0.15, -0.1) is 0 Å². The zero-order valence-electron chi connectivity index (χ0n) is 17.2. The molecule has 6 nitrogen and oxygen atoms in total. The molecule has 1 aliphatic heterocycles. The third-order valence-electron chi connectivity index (χ3n) is 5.51. The molecular formula is C26H20N2O4. The van der Waals surface area contributed by atoms with Crippen LogP contribution < -0.4 is 15.4 Å². The van der Waals surface area contributed by atoms with Gasteiger partial charge in [-0.2, -0.15) is 0 Å². The van der Waals surface area contributed by atoms with Crippen molar-refractivity contribution < 1.29 is 19.1 Å². The number of anilines is 1. The summed E-state index contributed by atoms with van der Waals surface area (Å²) in [6, 6.07) is 21.7. The highest BCUT2D eigenvalue weighted by atomic mass is 16.5. The first-order chi connectivity index (χ1) is 15.7. The van der Waals surface area contributed by atoms with E-state index in [0.717, 1.165) is 5.56 Å². The second kappa shape index (κ2) is 8.48. The van der Waals surface area contributed by atoms with E-state index in [1.165, 1.54) is 22.3 Å². The predicted octanol–water partition coefficient (Wildman–Crippen LogP) is 3.91. The van der Waals surface area contributed by atoms with Crippen molar-refractivity contribution in [2.75, 3.05) is 25.1 Å². The van der Waals surface area contributed by atoms with Crippen LogP contribution in [0.3, 0.4) is 0 Å². The van der Waals surface area contributed by atoms with Gasteiger partial charge in [0.25, 0.3) is 5.91 Å². The van der Waals surface area contributed by atoms with Crippen LogP contribution >= 0.6 is 0 Å². The smallest absolute Gasteiger partial charge is 0.407 e. The summed E-state index contributed by atoms with van der Waals surface area (Å²) in [5.41, 5.74) is 6.09. The van der Waals surface area contributed by atoms with E-state index in [-0.39, 0.29) is 31.6 Å². The SMILES string of the molecule is O=C1COc2cc(C#CCNC(=O)OCC3c4ccccc4-c4ccccc43)ccc2N1. The fraction of sp³-hybridized carbons (Fsp3) is 0.154.